The van der Waals surface area contributed by atoms with Gasteiger partial charge in [0.1, 0.15) is 6.17 Å². The number of rotatable bonds is 7. The summed E-state index contributed by atoms with van der Waals surface area (Å²) in [4.78, 5) is 34.4. The quantitative estimate of drug-likeness (QED) is 0.179. The van der Waals surface area contributed by atoms with Gasteiger partial charge in [0.15, 0.2) is 11.5 Å². The Morgan fingerprint density at radius 2 is 1.65 bits per heavy atom. The Hall–Kier alpha value is -1.11. The number of methoxy groups -OCH3 is 1. The second kappa shape index (κ2) is 9.90. The van der Waals surface area contributed by atoms with Gasteiger partial charge < -0.3 is 20.1 Å². The number of halogens is 2. The van der Waals surface area contributed by atoms with Crippen molar-refractivity contribution < 1.29 is 23.9 Å². The highest BCUT2D eigenvalue weighted by Gasteiger charge is 2.18. The molecule has 0 aromatic heterocycles. The molecular formula is C14H16I2N2O5. The Labute approximate surface area is 161 Å². The van der Waals surface area contributed by atoms with E-state index < -0.39 is 12.1 Å². The van der Waals surface area contributed by atoms with Gasteiger partial charge in [0.05, 0.1) is 16.0 Å². The largest absolute Gasteiger partial charge is 0.493 e. The van der Waals surface area contributed by atoms with Crippen LogP contribution >= 0.6 is 45.2 Å². The lowest BCUT2D eigenvalue weighted by atomic mass is 10.1. The zero-order valence-corrected chi connectivity index (χ0v) is 16.8. The molecule has 0 aliphatic carbocycles. The van der Waals surface area contributed by atoms with Crippen molar-refractivity contribution in [3.63, 3.8) is 0 Å². The maximum atomic E-state index is 11.7. The fraction of sp³-hybridized carbons (Fsp3) is 0.357. The molecule has 23 heavy (non-hydrogen) atoms. The number of ether oxygens (including phenoxy) is 2. The van der Waals surface area contributed by atoms with Crippen LogP contribution in [0, 0.1) is 0 Å². The molecule has 1 aromatic carbocycles. The molecule has 0 heterocycles. The molecule has 0 atom stereocenters. The summed E-state index contributed by atoms with van der Waals surface area (Å²) in [5.41, 5.74) is 0.606. The number of carbonyl (C=O) groups is 3. The van der Waals surface area contributed by atoms with Crippen LogP contribution in [0.3, 0.4) is 0 Å². The van der Waals surface area contributed by atoms with Gasteiger partial charge in [0.25, 0.3) is 0 Å². The van der Waals surface area contributed by atoms with E-state index in [1.165, 1.54) is 14.0 Å². The first-order valence-corrected chi connectivity index (χ1v) is 9.53. The van der Waals surface area contributed by atoms with Crippen molar-refractivity contribution >= 4 is 63.0 Å². The Bertz CT molecular complexity index is 577. The highest BCUT2D eigenvalue weighted by atomic mass is 127. The highest BCUT2D eigenvalue weighted by molar-refractivity contribution is 14.1. The molecule has 0 saturated carbocycles. The van der Waals surface area contributed by atoms with Crippen molar-refractivity contribution in [2.24, 2.45) is 0 Å². The number of amides is 2. The minimum atomic E-state index is -0.695. The van der Waals surface area contributed by atoms with Gasteiger partial charge in [-0.25, -0.2) is 0 Å². The summed E-state index contributed by atoms with van der Waals surface area (Å²) in [6.45, 7) is 1.29. The molecule has 2 amide bonds. The predicted molar refractivity (Wildman–Crippen MR) is 101 cm³/mol. The third kappa shape index (κ3) is 6.49. The Balaban J connectivity index is 3.11. The van der Waals surface area contributed by atoms with Gasteiger partial charge in [-0.3, -0.25) is 14.4 Å². The van der Waals surface area contributed by atoms with Crippen molar-refractivity contribution in [3.05, 3.63) is 23.8 Å². The first-order valence-electron chi connectivity index (χ1n) is 6.48. The maximum absolute atomic E-state index is 11.7. The summed E-state index contributed by atoms with van der Waals surface area (Å²) in [5.74, 6) is -0.304. The smallest absolute Gasteiger partial charge is 0.308 e. The van der Waals surface area contributed by atoms with E-state index in [0.717, 1.165) is 0 Å². The molecule has 0 bridgehead atoms. The molecular weight excluding hydrogens is 530 g/mol. The summed E-state index contributed by atoms with van der Waals surface area (Å²) in [6.07, 6.45) is -0.695. The van der Waals surface area contributed by atoms with Crippen LogP contribution in [0.5, 0.6) is 11.5 Å². The Morgan fingerprint density at radius 1 is 1.09 bits per heavy atom. The number of benzene rings is 1. The molecule has 0 aliphatic rings. The summed E-state index contributed by atoms with van der Waals surface area (Å²) < 4.78 is 10.8. The Kier molecular flexibility index (Phi) is 8.58. The number of hydrogen-bond donors (Lipinski definition) is 2. The molecule has 7 nitrogen and oxygen atoms in total. The molecule has 2 N–H and O–H groups in total. The number of hydrogen-bond acceptors (Lipinski definition) is 5. The van der Waals surface area contributed by atoms with Crippen LogP contribution in [0.25, 0.3) is 0 Å². The van der Waals surface area contributed by atoms with Crippen LogP contribution in [-0.4, -0.2) is 33.7 Å². The molecule has 126 valence electrons. The molecule has 0 saturated heterocycles. The molecule has 0 aliphatic heterocycles. The molecule has 0 fully saturated rings. The van der Waals surface area contributed by atoms with E-state index in [1.807, 2.05) is 45.2 Å². The topological polar surface area (TPSA) is 93.7 Å². The van der Waals surface area contributed by atoms with E-state index in [1.54, 1.807) is 18.2 Å². The highest BCUT2D eigenvalue weighted by Crippen LogP contribution is 2.30. The first kappa shape index (κ1) is 19.9. The second-order valence-corrected chi connectivity index (χ2v) is 5.86. The second-order valence-electron chi connectivity index (χ2n) is 4.34. The summed E-state index contributed by atoms with van der Waals surface area (Å²) in [6, 6.07) is 4.80. The van der Waals surface area contributed by atoms with Gasteiger partial charge in [-0.1, -0.05) is 51.2 Å². The van der Waals surface area contributed by atoms with E-state index in [2.05, 4.69) is 10.6 Å². The zero-order valence-electron chi connectivity index (χ0n) is 12.5. The fourth-order valence-electron chi connectivity index (χ4n) is 1.70. The minimum Gasteiger partial charge on any atom is -0.493 e. The van der Waals surface area contributed by atoms with Crippen LogP contribution in [0.15, 0.2) is 18.2 Å². The van der Waals surface area contributed by atoms with E-state index in [0.29, 0.717) is 11.3 Å². The van der Waals surface area contributed by atoms with Crippen LogP contribution in [0.2, 0.25) is 0 Å². The summed E-state index contributed by atoms with van der Waals surface area (Å²) in [7, 11) is 1.44. The Morgan fingerprint density at radius 3 is 2.09 bits per heavy atom. The van der Waals surface area contributed by atoms with Gasteiger partial charge >= 0.3 is 5.97 Å². The number of nitrogens with one attached hydrogen (secondary N) is 2. The third-order valence-electron chi connectivity index (χ3n) is 2.63. The van der Waals surface area contributed by atoms with Crippen LogP contribution in [0.1, 0.15) is 18.7 Å². The van der Waals surface area contributed by atoms with Gasteiger partial charge in [-0.2, -0.15) is 0 Å². The van der Waals surface area contributed by atoms with E-state index in [4.69, 9.17) is 9.47 Å². The zero-order chi connectivity index (χ0) is 17.4. The van der Waals surface area contributed by atoms with Crippen molar-refractivity contribution in [3.8, 4) is 11.5 Å². The van der Waals surface area contributed by atoms with Crippen molar-refractivity contribution in [2.75, 3.05) is 16.0 Å². The molecule has 0 radical (unpaired) electrons. The minimum absolute atomic E-state index is 0.215. The first-order chi connectivity index (χ1) is 10.9. The molecule has 1 rings (SSSR count). The van der Waals surface area contributed by atoms with Gasteiger partial charge in [-0.15, -0.1) is 0 Å². The van der Waals surface area contributed by atoms with Gasteiger partial charge in [0, 0.05) is 6.92 Å². The third-order valence-corrected chi connectivity index (χ3v) is 4.01. The molecule has 0 unspecified atom stereocenters. The van der Waals surface area contributed by atoms with Crippen LogP contribution < -0.4 is 20.1 Å². The average Bonchev–Trinajstić information content (AvgIpc) is 2.53. The predicted octanol–water partition coefficient (Wildman–Crippen LogP) is 1.72. The van der Waals surface area contributed by atoms with Crippen molar-refractivity contribution in [1.29, 1.82) is 0 Å². The monoisotopic (exact) mass is 546 g/mol. The lowest BCUT2D eigenvalue weighted by Crippen LogP contribution is -2.41. The average molecular weight is 546 g/mol. The molecule has 1 aromatic rings. The van der Waals surface area contributed by atoms with Gasteiger partial charge in [-0.05, 0) is 17.7 Å². The van der Waals surface area contributed by atoms with E-state index >= 15 is 0 Å². The SMILES string of the molecule is COc1cc(C(NC(=O)CI)NC(=O)CI)ccc1OC(C)=O. The van der Waals surface area contributed by atoms with E-state index in [-0.39, 0.29) is 26.4 Å². The lowest BCUT2D eigenvalue weighted by molar-refractivity contribution is -0.132. The maximum Gasteiger partial charge on any atom is 0.308 e. The van der Waals surface area contributed by atoms with E-state index in [9.17, 15) is 14.4 Å². The number of alkyl halides is 2. The summed E-state index contributed by atoms with van der Waals surface area (Å²) >= 11 is 3.87. The molecule has 9 heteroatoms. The summed E-state index contributed by atoms with van der Waals surface area (Å²) in [5, 5.41) is 5.43. The van der Waals surface area contributed by atoms with Gasteiger partial charge in [0.2, 0.25) is 11.8 Å². The number of carbonyl (C=O) groups excluding carboxylic acids is 3. The standard InChI is InChI=1S/C14H16I2N2O5/c1-8(19)23-10-4-3-9(5-11(10)22-2)14(17-12(20)6-15)18-13(21)7-16/h3-5,14H,6-7H2,1-2H3,(H,17,20)(H,18,21). The van der Waals surface area contributed by atoms with Crippen LogP contribution in [0.4, 0.5) is 0 Å². The normalized spacial score (nSPS) is 10.1. The van der Waals surface area contributed by atoms with Crippen molar-refractivity contribution in [1.82, 2.24) is 10.6 Å². The van der Waals surface area contributed by atoms with Crippen LogP contribution in [-0.2, 0) is 14.4 Å². The molecule has 0 spiro atoms. The lowest BCUT2D eigenvalue weighted by Gasteiger charge is -2.21. The number of esters is 1. The fourth-order valence-corrected chi connectivity index (χ4v) is 2.15. The van der Waals surface area contributed by atoms with Crippen molar-refractivity contribution in [2.45, 2.75) is 13.1 Å².